The van der Waals surface area contributed by atoms with E-state index in [9.17, 15) is 19.2 Å². The molecule has 1 N–H and O–H groups in total. The van der Waals surface area contributed by atoms with Crippen molar-refractivity contribution in [2.75, 3.05) is 6.61 Å². The maximum Gasteiger partial charge on any atom is 0.338 e. The van der Waals surface area contributed by atoms with E-state index in [1.54, 1.807) is 31.2 Å². The number of urea groups is 1. The minimum Gasteiger partial charge on any atom is -0.462 e. The average molecular weight is 443 g/mol. The molecule has 0 radical (unpaired) electrons. The molecule has 0 bridgehead atoms. The van der Waals surface area contributed by atoms with E-state index in [2.05, 4.69) is 5.32 Å². The molecular formula is C24H30N2O6. The smallest absolute Gasteiger partial charge is 0.338 e. The van der Waals surface area contributed by atoms with Crippen molar-refractivity contribution in [2.45, 2.75) is 65.3 Å². The van der Waals surface area contributed by atoms with Crippen LogP contribution in [0.25, 0.3) is 0 Å². The summed E-state index contributed by atoms with van der Waals surface area (Å²) in [7, 11) is 0. The molecule has 8 nitrogen and oxygen atoms in total. The molecule has 1 aromatic carbocycles. The second-order valence-corrected chi connectivity index (χ2v) is 8.22. The number of carbonyl (C=O) groups is 4. The second kappa shape index (κ2) is 10.4. The van der Waals surface area contributed by atoms with E-state index < -0.39 is 29.9 Å². The number of imide groups is 1. The third kappa shape index (κ3) is 5.36. The summed E-state index contributed by atoms with van der Waals surface area (Å²) >= 11 is 0. The highest BCUT2D eigenvalue weighted by Crippen LogP contribution is 2.35. The lowest BCUT2D eigenvalue weighted by Crippen LogP contribution is -2.50. The van der Waals surface area contributed by atoms with Gasteiger partial charge in [-0.2, -0.15) is 0 Å². The maximum atomic E-state index is 13.3. The van der Waals surface area contributed by atoms with Gasteiger partial charge in [-0.25, -0.2) is 14.5 Å². The third-order valence-electron chi connectivity index (χ3n) is 5.84. The summed E-state index contributed by atoms with van der Waals surface area (Å²) in [6.45, 7) is 4.67. The normalized spacial score (nSPS) is 19.4. The number of carbonyl (C=O) groups excluding carboxylic acids is 4. The molecule has 0 unspecified atom stereocenters. The molecule has 1 aliphatic heterocycles. The van der Waals surface area contributed by atoms with Gasteiger partial charge >= 0.3 is 18.0 Å². The third-order valence-corrected chi connectivity index (χ3v) is 5.84. The summed E-state index contributed by atoms with van der Waals surface area (Å²) in [5.41, 5.74) is 1.09. The quantitative estimate of drug-likeness (QED) is 0.528. The van der Waals surface area contributed by atoms with Crippen LogP contribution in [0.3, 0.4) is 0 Å². The summed E-state index contributed by atoms with van der Waals surface area (Å²) < 4.78 is 10.9. The van der Waals surface area contributed by atoms with Crippen LogP contribution >= 0.6 is 0 Å². The lowest BCUT2D eigenvalue weighted by molar-refractivity contribution is -0.141. The number of benzene rings is 1. The Morgan fingerprint density at radius 1 is 1.12 bits per heavy atom. The molecule has 32 heavy (non-hydrogen) atoms. The molecule has 0 spiro atoms. The zero-order valence-electron chi connectivity index (χ0n) is 18.8. The van der Waals surface area contributed by atoms with Gasteiger partial charge in [0.1, 0.15) is 5.75 Å². The molecule has 1 aromatic rings. The zero-order chi connectivity index (χ0) is 23.3. The monoisotopic (exact) mass is 442 g/mol. The van der Waals surface area contributed by atoms with Gasteiger partial charge in [0.2, 0.25) is 5.91 Å². The molecule has 3 rings (SSSR count). The van der Waals surface area contributed by atoms with E-state index in [4.69, 9.17) is 9.47 Å². The molecule has 2 aliphatic rings. The lowest BCUT2D eigenvalue weighted by Gasteiger charge is -2.35. The number of ether oxygens (including phenoxy) is 2. The first-order chi connectivity index (χ1) is 15.3. The van der Waals surface area contributed by atoms with E-state index >= 15 is 0 Å². The largest absolute Gasteiger partial charge is 0.462 e. The molecule has 1 saturated carbocycles. The predicted molar refractivity (Wildman–Crippen MR) is 116 cm³/mol. The van der Waals surface area contributed by atoms with Crippen LogP contribution in [0.5, 0.6) is 5.75 Å². The van der Waals surface area contributed by atoms with Crippen molar-refractivity contribution in [2.24, 2.45) is 5.92 Å². The minimum absolute atomic E-state index is 0.220. The minimum atomic E-state index is -0.831. The Bertz CT molecular complexity index is 932. The van der Waals surface area contributed by atoms with E-state index in [1.807, 2.05) is 0 Å². The molecular weight excluding hydrogens is 412 g/mol. The topological polar surface area (TPSA) is 102 Å². The van der Waals surface area contributed by atoms with Crippen molar-refractivity contribution in [1.29, 1.82) is 0 Å². The molecule has 172 valence electrons. The Balaban J connectivity index is 1.97. The standard InChI is InChI=1S/C24H30N2O6/c1-4-20-21(23(29)31-14-17-9-6-5-7-10-17)22(25-24(30)26(20)15(2)27)18-11-8-12-19(13-18)32-16(3)28/h8,11-13,17,22H,4-7,9-10,14H2,1-3H3,(H,25,30)/t22-/m0/s1. The fourth-order valence-corrected chi connectivity index (χ4v) is 4.39. The summed E-state index contributed by atoms with van der Waals surface area (Å²) in [5, 5.41) is 2.74. The van der Waals surface area contributed by atoms with Gasteiger partial charge in [0.05, 0.1) is 18.2 Å². The van der Waals surface area contributed by atoms with Gasteiger partial charge in [-0.1, -0.05) is 38.3 Å². The first-order valence-electron chi connectivity index (χ1n) is 11.1. The van der Waals surface area contributed by atoms with Crippen molar-refractivity contribution in [3.8, 4) is 5.75 Å². The van der Waals surface area contributed by atoms with Crippen molar-refractivity contribution in [3.63, 3.8) is 0 Å². The number of rotatable bonds is 6. The van der Waals surface area contributed by atoms with Crippen molar-refractivity contribution >= 4 is 23.9 Å². The molecule has 1 fully saturated rings. The molecule has 0 saturated heterocycles. The summed E-state index contributed by atoms with van der Waals surface area (Å²) in [6.07, 6.45) is 5.81. The first kappa shape index (κ1) is 23.5. The van der Waals surface area contributed by atoms with Crippen molar-refractivity contribution < 1.29 is 28.7 Å². The highest BCUT2D eigenvalue weighted by molar-refractivity contribution is 6.02. The second-order valence-electron chi connectivity index (χ2n) is 8.22. The number of allylic oxidation sites excluding steroid dienone is 1. The fourth-order valence-electron chi connectivity index (χ4n) is 4.39. The van der Waals surface area contributed by atoms with Gasteiger partial charge in [0.25, 0.3) is 0 Å². The van der Waals surface area contributed by atoms with Crippen LogP contribution in [0.15, 0.2) is 35.5 Å². The fraction of sp³-hybridized carbons (Fsp3) is 0.500. The molecule has 0 aromatic heterocycles. The van der Waals surface area contributed by atoms with Crippen LogP contribution in [-0.2, 0) is 19.1 Å². The summed E-state index contributed by atoms with van der Waals surface area (Å²) in [6, 6.07) is 5.17. The lowest BCUT2D eigenvalue weighted by atomic mass is 9.90. The summed E-state index contributed by atoms with van der Waals surface area (Å²) in [4.78, 5) is 50.6. The number of esters is 2. The zero-order valence-corrected chi connectivity index (χ0v) is 18.8. The van der Waals surface area contributed by atoms with Crippen LogP contribution in [0.4, 0.5) is 4.79 Å². The number of nitrogens with one attached hydrogen (secondary N) is 1. The Labute approximate surface area is 187 Å². The average Bonchev–Trinajstić information content (AvgIpc) is 2.76. The van der Waals surface area contributed by atoms with Gasteiger partial charge in [-0.15, -0.1) is 0 Å². The van der Waals surface area contributed by atoms with Gasteiger partial charge in [-0.3, -0.25) is 9.59 Å². The van der Waals surface area contributed by atoms with Crippen LogP contribution < -0.4 is 10.1 Å². The van der Waals surface area contributed by atoms with E-state index in [0.717, 1.165) is 30.6 Å². The molecule has 3 amide bonds. The summed E-state index contributed by atoms with van der Waals surface area (Å²) in [5.74, 6) is -0.891. The predicted octanol–water partition coefficient (Wildman–Crippen LogP) is 4.01. The SMILES string of the molecule is CCC1=C(C(=O)OCC2CCCCC2)[C@H](c2cccc(OC(C)=O)c2)NC(=O)N1C(C)=O. The Kier molecular flexibility index (Phi) is 7.66. The van der Waals surface area contributed by atoms with Crippen LogP contribution in [0, 0.1) is 5.92 Å². The van der Waals surface area contributed by atoms with Crippen LogP contribution in [0.2, 0.25) is 0 Å². The number of hydrogen-bond acceptors (Lipinski definition) is 6. The Hall–Kier alpha value is -3.16. The van der Waals surface area contributed by atoms with Crippen molar-refractivity contribution in [1.82, 2.24) is 10.2 Å². The number of nitrogens with zero attached hydrogens (tertiary/aromatic N) is 1. The highest BCUT2D eigenvalue weighted by atomic mass is 16.5. The molecule has 1 heterocycles. The van der Waals surface area contributed by atoms with Crippen molar-refractivity contribution in [3.05, 3.63) is 41.1 Å². The van der Waals surface area contributed by atoms with Gasteiger partial charge in [0.15, 0.2) is 0 Å². The van der Waals surface area contributed by atoms with Gasteiger partial charge in [-0.05, 0) is 42.9 Å². The van der Waals surface area contributed by atoms with Crippen LogP contribution in [0.1, 0.15) is 70.9 Å². The Morgan fingerprint density at radius 2 is 1.84 bits per heavy atom. The van der Waals surface area contributed by atoms with E-state index in [-0.39, 0.29) is 5.57 Å². The first-order valence-corrected chi connectivity index (χ1v) is 11.1. The van der Waals surface area contributed by atoms with Gasteiger partial charge < -0.3 is 14.8 Å². The maximum absolute atomic E-state index is 13.3. The Morgan fingerprint density at radius 3 is 2.47 bits per heavy atom. The number of hydrogen-bond donors (Lipinski definition) is 1. The van der Waals surface area contributed by atoms with E-state index in [1.165, 1.54) is 20.3 Å². The number of amides is 3. The molecule has 8 heteroatoms. The highest BCUT2D eigenvalue weighted by Gasteiger charge is 2.39. The molecule has 1 aliphatic carbocycles. The van der Waals surface area contributed by atoms with Gasteiger partial charge in [0, 0.05) is 19.5 Å². The van der Waals surface area contributed by atoms with E-state index in [0.29, 0.717) is 36.0 Å². The molecule has 1 atom stereocenters. The van der Waals surface area contributed by atoms with Crippen LogP contribution in [-0.4, -0.2) is 35.4 Å².